The average Bonchev–Trinajstić information content (AvgIpc) is 2.81. The molecule has 0 amide bonds. The molecule has 1 atom stereocenters. The van der Waals surface area contributed by atoms with E-state index in [0.29, 0.717) is 6.04 Å². The van der Waals surface area contributed by atoms with Gasteiger partial charge in [-0.25, -0.2) is 0 Å². The van der Waals surface area contributed by atoms with Crippen LogP contribution in [-0.4, -0.2) is 15.8 Å². The fourth-order valence-electron chi connectivity index (χ4n) is 2.26. The number of hydrogen-bond donors (Lipinski definition) is 1. The lowest BCUT2D eigenvalue weighted by molar-refractivity contribution is 0.434. The Morgan fingerprint density at radius 1 is 1.17 bits per heavy atom. The van der Waals surface area contributed by atoms with Gasteiger partial charge in [0.05, 0.1) is 6.20 Å². The summed E-state index contributed by atoms with van der Waals surface area (Å²) in [6.45, 7) is 8.69. The molecule has 0 aliphatic carbocycles. The first-order valence-corrected chi connectivity index (χ1v) is 7.54. The number of nitrogens with zero attached hydrogens (tertiary/aromatic N) is 2. The van der Waals surface area contributed by atoms with Crippen molar-refractivity contribution in [1.29, 1.82) is 0 Å². The van der Waals surface area contributed by atoms with Gasteiger partial charge in [-0.05, 0) is 19.3 Å². The minimum atomic E-state index is 0.671. The van der Waals surface area contributed by atoms with Crippen LogP contribution in [0.2, 0.25) is 0 Å². The zero-order valence-electron chi connectivity index (χ0n) is 12.3. The maximum atomic E-state index is 4.37. The van der Waals surface area contributed by atoms with Gasteiger partial charge in [-0.1, -0.05) is 40.0 Å². The third kappa shape index (κ3) is 5.67. The van der Waals surface area contributed by atoms with Crippen LogP contribution in [0.25, 0.3) is 0 Å². The van der Waals surface area contributed by atoms with E-state index >= 15 is 0 Å². The van der Waals surface area contributed by atoms with Crippen LogP contribution in [-0.2, 0) is 13.1 Å². The molecule has 3 heteroatoms. The second-order valence-electron chi connectivity index (χ2n) is 5.12. The van der Waals surface area contributed by atoms with Crippen molar-refractivity contribution < 1.29 is 0 Å². The van der Waals surface area contributed by atoms with Gasteiger partial charge < -0.3 is 5.32 Å². The van der Waals surface area contributed by atoms with Gasteiger partial charge in [0.1, 0.15) is 0 Å². The Morgan fingerprint density at radius 2 is 2.00 bits per heavy atom. The molecule has 0 saturated heterocycles. The summed E-state index contributed by atoms with van der Waals surface area (Å²) in [5.74, 6) is 0. The lowest BCUT2D eigenvalue weighted by Crippen LogP contribution is -2.28. The van der Waals surface area contributed by atoms with Crippen molar-refractivity contribution in [2.75, 3.05) is 0 Å². The van der Waals surface area contributed by atoms with E-state index in [-0.39, 0.29) is 0 Å². The first-order valence-electron chi connectivity index (χ1n) is 7.54. The van der Waals surface area contributed by atoms with Gasteiger partial charge in [-0.3, -0.25) is 4.68 Å². The average molecular weight is 251 g/mol. The number of nitrogens with one attached hydrogen (secondary N) is 1. The van der Waals surface area contributed by atoms with Crippen LogP contribution >= 0.6 is 0 Å². The fourth-order valence-corrected chi connectivity index (χ4v) is 2.26. The van der Waals surface area contributed by atoms with Gasteiger partial charge in [0.25, 0.3) is 0 Å². The van der Waals surface area contributed by atoms with Crippen molar-refractivity contribution in [2.24, 2.45) is 0 Å². The van der Waals surface area contributed by atoms with E-state index in [4.69, 9.17) is 0 Å². The molecule has 0 fully saturated rings. The number of unbranched alkanes of at least 4 members (excludes halogenated alkanes) is 1. The summed E-state index contributed by atoms with van der Waals surface area (Å²) in [6.07, 6.45) is 11.8. The molecule has 18 heavy (non-hydrogen) atoms. The molecular weight excluding hydrogens is 222 g/mol. The summed E-state index contributed by atoms with van der Waals surface area (Å²) < 4.78 is 2.04. The zero-order chi connectivity index (χ0) is 13.2. The summed E-state index contributed by atoms with van der Waals surface area (Å²) in [4.78, 5) is 0. The van der Waals surface area contributed by atoms with Crippen molar-refractivity contribution in [1.82, 2.24) is 15.1 Å². The molecule has 0 aliphatic heterocycles. The molecule has 1 aromatic rings. The maximum absolute atomic E-state index is 4.37. The van der Waals surface area contributed by atoms with Gasteiger partial charge in [0.2, 0.25) is 0 Å². The van der Waals surface area contributed by atoms with Crippen LogP contribution < -0.4 is 5.32 Å². The van der Waals surface area contributed by atoms with Crippen LogP contribution in [0.3, 0.4) is 0 Å². The van der Waals surface area contributed by atoms with E-state index in [2.05, 4.69) is 37.4 Å². The molecule has 0 aromatic carbocycles. The van der Waals surface area contributed by atoms with Crippen molar-refractivity contribution in [3.63, 3.8) is 0 Å². The predicted molar refractivity (Wildman–Crippen MR) is 77.6 cm³/mol. The SMILES string of the molecule is CCCCC(CCC)NCc1cnn(CCC)c1. The molecule has 1 aromatic heterocycles. The Morgan fingerprint density at radius 3 is 2.67 bits per heavy atom. The highest BCUT2D eigenvalue weighted by Gasteiger charge is 2.07. The fraction of sp³-hybridized carbons (Fsp3) is 0.800. The van der Waals surface area contributed by atoms with Crippen LogP contribution in [0.5, 0.6) is 0 Å². The zero-order valence-corrected chi connectivity index (χ0v) is 12.3. The van der Waals surface area contributed by atoms with Crippen LogP contribution in [0.1, 0.15) is 64.9 Å². The standard InChI is InChI=1S/C15H29N3/c1-4-7-9-15(8-5-2)16-11-14-12-17-18(13-14)10-6-3/h12-13,15-16H,4-11H2,1-3H3. The summed E-state index contributed by atoms with van der Waals surface area (Å²) in [6, 6.07) is 0.671. The molecule has 0 spiro atoms. The van der Waals surface area contributed by atoms with E-state index in [0.717, 1.165) is 19.5 Å². The lowest BCUT2D eigenvalue weighted by Gasteiger charge is -2.17. The molecule has 0 aliphatic rings. The van der Waals surface area contributed by atoms with Crippen LogP contribution in [0.15, 0.2) is 12.4 Å². The minimum absolute atomic E-state index is 0.671. The molecule has 1 unspecified atom stereocenters. The van der Waals surface area contributed by atoms with Crippen molar-refractivity contribution in [3.05, 3.63) is 18.0 Å². The second kappa shape index (κ2) is 9.15. The highest BCUT2D eigenvalue weighted by atomic mass is 15.3. The number of aryl methyl sites for hydroxylation is 1. The Hall–Kier alpha value is -0.830. The molecular formula is C15H29N3. The molecule has 1 N–H and O–H groups in total. The van der Waals surface area contributed by atoms with E-state index in [1.807, 2.05) is 10.9 Å². The van der Waals surface area contributed by atoms with Gasteiger partial charge in [-0.2, -0.15) is 5.10 Å². The Kier molecular flexibility index (Phi) is 7.74. The first kappa shape index (κ1) is 15.2. The van der Waals surface area contributed by atoms with E-state index in [1.165, 1.54) is 37.7 Å². The maximum Gasteiger partial charge on any atom is 0.0534 e. The van der Waals surface area contributed by atoms with Crippen LogP contribution in [0.4, 0.5) is 0 Å². The topological polar surface area (TPSA) is 29.9 Å². The third-order valence-corrected chi connectivity index (χ3v) is 3.28. The van der Waals surface area contributed by atoms with E-state index < -0.39 is 0 Å². The first-order chi connectivity index (χ1) is 8.80. The quantitative estimate of drug-likeness (QED) is 0.686. The summed E-state index contributed by atoms with van der Waals surface area (Å²) in [7, 11) is 0. The van der Waals surface area contributed by atoms with Crippen molar-refractivity contribution in [3.8, 4) is 0 Å². The monoisotopic (exact) mass is 251 g/mol. The summed E-state index contributed by atoms with van der Waals surface area (Å²) in [5, 5.41) is 8.04. The summed E-state index contributed by atoms with van der Waals surface area (Å²) >= 11 is 0. The van der Waals surface area contributed by atoms with E-state index in [9.17, 15) is 0 Å². The largest absolute Gasteiger partial charge is 0.310 e. The molecule has 1 rings (SSSR count). The smallest absolute Gasteiger partial charge is 0.0534 e. The Balaban J connectivity index is 2.34. The Labute approximate surface area is 112 Å². The molecule has 1 heterocycles. The minimum Gasteiger partial charge on any atom is -0.310 e. The molecule has 0 bridgehead atoms. The Bertz CT molecular complexity index is 306. The van der Waals surface area contributed by atoms with E-state index in [1.54, 1.807) is 0 Å². The van der Waals surface area contributed by atoms with Crippen LogP contribution in [0, 0.1) is 0 Å². The van der Waals surface area contributed by atoms with Gasteiger partial charge >= 0.3 is 0 Å². The van der Waals surface area contributed by atoms with Gasteiger partial charge in [0, 0.05) is 30.9 Å². The normalized spacial score (nSPS) is 12.8. The second-order valence-corrected chi connectivity index (χ2v) is 5.12. The highest BCUT2D eigenvalue weighted by molar-refractivity contribution is 5.03. The highest BCUT2D eigenvalue weighted by Crippen LogP contribution is 2.08. The van der Waals surface area contributed by atoms with Crippen molar-refractivity contribution >= 4 is 0 Å². The number of aromatic nitrogens is 2. The van der Waals surface area contributed by atoms with Crippen molar-refractivity contribution in [2.45, 2.75) is 78.4 Å². The predicted octanol–water partition coefficient (Wildman–Crippen LogP) is 3.74. The third-order valence-electron chi connectivity index (χ3n) is 3.28. The lowest BCUT2D eigenvalue weighted by atomic mass is 10.1. The number of rotatable bonds is 10. The molecule has 0 radical (unpaired) electrons. The summed E-state index contributed by atoms with van der Waals surface area (Å²) in [5.41, 5.74) is 1.31. The molecule has 104 valence electrons. The molecule has 0 saturated carbocycles. The number of hydrogen-bond acceptors (Lipinski definition) is 2. The molecule has 3 nitrogen and oxygen atoms in total. The van der Waals surface area contributed by atoms with Gasteiger partial charge in [-0.15, -0.1) is 0 Å². The van der Waals surface area contributed by atoms with Gasteiger partial charge in [0.15, 0.2) is 0 Å².